The molecular weight excluding hydrogens is 275 g/mol. The topological polar surface area (TPSA) is 58.4 Å². The predicted molar refractivity (Wildman–Crippen MR) is 75.0 cm³/mol. The molecule has 0 aromatic carbocycles. The van der Waals surface area contributed by atoms with E-state index in [-0.39, 0.29) is 24.8 Å². The number of fused-ring (bicyclic) bond motifs is 1. The molecule has 0 bridgehead atoms. The molecule has 100 valence electrons. The number of hydrogen-bond donors (Lipinski definition) is 1. The van der Waals surface area contributed by atoms with E-state index in [0.29, 0.717) is 6.04 Å². The van der Waals surface area contributed by atoms with Gasteiger partial charge in [0, 0.05) is 38.1 Å². The van der Waals surface area contributed by atoms with Crippen LogP contribution in [0.5, 0.6) is 0 Å². The molecule has 0 amide bonds. The zero-order valence-electron chi connectivity index (χ0n) is 9.98. The second-order valence-corrected chi connectivity index (χ2v) is 4.11. The first-order valence-corrected chi connectivity index (χ1v) is 5.47. The van der Waals surface area contributed by atoms with Crippen LogP contribution in [-0.2, 0) is 0 Å². The highest BCUT2D eigenvalue weighted by Gasteiger charge is 2.19. The first kappa shape index (κ1) is 14.9. The lowest BCUT2D eigenvalue weighted by molar-refractivity contribution is 0.482. The molecule has 18 heavy (non-hydrogen) atoms. The average molecular weight is 291 g/mol. The molecule has 2 aromatic rings. The van der Waals surface area contributed by atoms with Crippen LogP contribution in [-0.4, -0.2) is 45.3 Å². The van der Waals surface area contributed by atoms with Gasteiger partial charge in [0.1, 0.15) is 6.33 Å². The Labute approximate surface area is 118 Å². The molecule has 6 nitrogen and oxygen atoms in total. The molecule has 1 atom stereocenters. The summed E-state index contributed by atoms with van der Waals surface area (Å²) in [6.07, 6.45) is 5.36. The summed E-state index contributed by atoms with van der Waals surface area (Å²) in [6, 6.07) is 0.485. The van der Waals surface area contributed by atoms with Crippen molar-refractivity contribution in [3.05, 3.63) is 18.7 Å². The van der Waals surface area contributed by atoms with Gasteiger partial charge in [-0.05, 0) is 6.92 Å². The van der Waals surface area contributed by atoms with Crippen molar-refractivity contribution in [2.24, 2.45) is 0 Å². The lowest BCUT2D eigenvalue weighted by atomic mass is 10.2. The van der Waals surface area contributed by atoms with Gasteiger partial charge in [0.25, 0.3) is 0 Å². The zero-order chi connectivity index (χ0) is 11.0. The van der Waals surface area contributed by atoms with E-state index < -0.39 is 0 Å². The van der Waals surface area contributed by atoms with Crippen molar-refractivity contribution >= 4 is 36.3 Å². The van der Waals surface area contributed by atoms with Crippen LogP contribution in [0.2, 0.25) is 0 Å². The summed E-state index contributed by atoms with van der Waals surface area (Å²) >= 11 is 0. The summed E-state index contributed by atoms with van der Waals surface area (Å²) in [4.78, 5) is 6.67. The molecule has 0 saturated carbocycles. The van der Waals surface area contributed by atoms with E-state index in [0.717, 1.165) is 31.1 Å². The van der Waals surface area contributed by atoms with Gasteiger partial charge in [-0.25, -0.2) is 4.98 Å². The van der Waals surface area contributed by atoms with E-state index >= 15 is 0 Å². The number of halogens is 2. The summed E-state index contributed by atoms with van der Waals surface area (Å²) in [7, 11) is 0. The third-order valence-corrected chi connectivity index (χ3v) is 2.87. The normalized spacial score (nSPS) is 19.2. The van der Waals surface area contributed by atoms with Crippen LogP contribution in [0.3, 0.4) is 0 Å². The smallest absolute Gasteiger partial charge is 0.203 e. The third-order valence-electron chi connectivity index (χ3n) is 2.87. The predicted octanol–water partition coefficient (Wildman–Crippen LogP) is 0.766. The van der Waals surface area contributed by atoms with Crippen LogP contribution < -0.4 is 10.2 Å². The molecule has 3 rings (SSSR count). The summed E-state index contributed by atoms with van der Waals surface area (Å²) in [5.74, 6) is 0.924. The Kier molecular flexibility index (Phi) is 5.13. The van der Waals surface area contributed by atoms with Gasteiger partial charge in [-0.3, -0.25) is 4.40 Å². The van der Waals surface area contributed by atoms with Crippen LogP contribution in [0, 0.1) is 0 Å². The summed E-state index contributed by atoms with van der Waals surface area (Å²) in [5.41, 5.74) is 0.830. The van der Waals surface area contributed by atoms with E-state index in [4.69, 9.17) is 0 Å². The van der Waals surface area contributed by atoms with Crippen molar-refractivity contribution in [3.8, 4) is 0 Å². The second-order valence-electron chi connectivity index (χ2n) is 4.11. The fraction of sp³-hybridized carbons (Fsp3) is 0.500. The maximum absolute atomic E-state index is 4.41. The van der Waals surface area contributed by atoms with Gasteiger partial charge < -0.3 is 10.2 Å². The van der Waals surface area contributed by atoms with Gasteiger partial charge in [-0.1, -0.05) is 0 Å². The quantitative estimate of drug-likeness (QED) is 0.841. The van der Waals surface area contributed by atoms with Gasteiger partial charge in [-0.2, -0.15) is 0 Å². The van der Waals surface area contributed by atoms with Crippen LogP contribution in [0.4, 0.5) is 5.82 Å². The average Bonchev–Trinajstić information content (AvgIpc) is 2.76. The Bertz CT molecular complexity index is 502. The number of anilines is 1. The number of aromatic nitrogens is 4. The highest BCUT2D eigenvalue weighted by Crippen LogP contribution is 2.17. The van der Waals surface area contributed by atoms with E-state index in [2.05, 4.69) is 32.3 Å². The minimum atomic E-state index is 0. The SMILES string of the molecule is CC1CN(c2nccn3cnnc23)CCN1.Cl.Cl. The lowest BCUT2D eigenvalue weighted by Gasteiger charge is -2.32. The molecule has 2 aromatic heterocycles. The standard InChI is InChI=1S/C10H14N6.2ClH/c1-8-6-15(4-2-11-8)9-10-14-13-7-16(10)5-3-12-9;;/h3,5,7-8,11H,2,4,6H2,1H3;2*1H. The summed E-state index contributed by atoms with van der Waals surface area (Å²) < 4.78 is 1.90. The first-order chi connectivity index (χ1) is 7.84. The first-order valence-electron chi connectivity index (χ1n) is 5.47. The fourth-order valence-corrected chi connectivity index (χ4v) is 2.09. The Hall–Kier alpha value is -1.11. The van der Waals surface area contributed by atoms with E-state index in [9.17, 15) is 0 Å². The number of piperazine rings is 1. The van der Waals surface area contributed by atoms with Crippen molar-refractivity contribution in [1.29, 1.82) is 0 Å². The summed E-state index contributed by atoms with van der Waals surface area (Å²) in [6.45, 7) is 5.08. The second kappa shape index (κ2) is 6.17. The Morgan fingerprint density at radius 2 is 2.22 bits per heavy atom. The molecule has 1 unspecified atom stereocenters. The Morgan fingerprint density at radius 1 is 1.39 bits per heavy atom. The van der Waals surface area contributed by atoms with E-state index in [1.807, 2.05) is 10.6 Å². The fourth-order valence-electron chi connectivity index (χ4n) is 2.09. The van der Waals surface area contributed by atoms with E-state index in [1.54, 1.807) is 12.5 Å². The van der Waals surface area contributed by atoms with Gasteiger partial charge >= 0.3 is 0 Å². The monoisotopic (exact) mass is 290 g/mol. The van der Waals surface area contributed by atoms with Crippen molar-refractivity contribution in [2.45, 2.75) is 13.0 Å². The molecule has 1 aliphatic rings. The molecule has 3 heterocycles. The molecule has 0 spiro atoms. The number of nitrogens with one attached hydrogen (secondary N) is 1. The molecule has 1 fully saturated rings. The third kappa shape index (κ3) is 2.66. The van der Waals surface area contributed by atoms with Crippen LogP contribution >= 0.6 is 24.8 Å². The van der Waals surface area contributed by atoms with Crippen molar-refractivity contribution in [3.63, 3.8) is 0 Å². The Balaban J connectivity index is 0.000000810. The maximum atomic E-state index is 4.41. The van der Waals surface area contributed by atoms with Crippen LogP contribution in [0.15, 0.2) is 18.7 Å². The van der Waals surface area contributed by atoms with Gasteiger partial charge in [0.15, 0.2) is 5.82 Å². The molecule has 0 aliphatic carbocycles. The molecule has 1 N–H and O–H groups in total. The minimum Gasteiger partial charge on any atom is -0.351 e. The van der Waals surface area contributed by atoms with Gasteiger partial charge in [0.05, 0.1) is 0 Å². The van der Waals surface area contributed by atoms with Gasteiger partial charge in [0.2, 0.25) is 5.65 Å². The van der Waals surface area contributed by atoms with Crippen LogP contribution in [0.25, 0.3) is 5.65 Å². The zero-order valence-corrected chi connectivity index (χ0v) is 11.6. The number of hydrogen-bond acceptors (Lipinski definition) is 5. The molecule has 0 radical (unpaired) electrons. The molecular formula is C10H16Cl2N6. The van der Waals surface area contributed by atoms with Gasteiger partial charge in [-0.15, -0.1) is 35.0 Å². The number of rotatable bonds is 1. The van der Waals surface area contributed by atoms with Crippen molar-refractivity contribution in [1.82, 2.24) is 24.9 Å². The maximum Gasteiger partial charge on any atom is 0.203 e. The van der Waals surface area contributed by atoms with Crippen molar-refractivity contribution in [2.75, 3.05) is 24.5 Å². The van der Waals surface area contributed by atoms with Crippen molar-refractivity contribution < 1.29 is 0 Å². The minimum absolute atomic E-state index is 0. The lowest BCUT2D eigenvalue weighted by Crippen LogP contribution is -2.49. The molecule has 1 aliphatic heterocycles. The largest absolute Gasteiger partial charge is 0.351 e. The molecule has 1 saturated heterocycles. The molecule has 8 heteroatoms. The number of nitrogens with zero attached hydrogens (tertiary/aromatic N) is 5. The Morgan fingerprint density at radius 3 is 3.00 bits per heavy atom. The van der Waals surface area contributed by atoms with E-state index in [1.165, 1.54) is 0 Å². The highest BCUT2D eigenvalue weighted by atomic mass is 35.5. The van der Waals surface area contributed by atoms with Crippen LogP contribution in [0.1, 0.15) is 6.92 Å². The summed E-state index contributed by atoms with van der Waals surface area (Å²) in [5, 5.41) is 11.4. The highest BCUT2D eigenvalue weighted by molar-refractivity contribution is 5.85.